The molecule has 6 heteroatoms. The molecule has 4 rings (SSSR count). The molecule has 2 aliphatic rings. The molecule has 1 saturated carbocycles. The van der Waals surface area contributed by atoms with Crippen LogP contribution in [0, 0.1) is 5.92 Å². The maximum atomic E-state index is 12.5. The summed E-state index contributed by atoms with van der Waals surface area (Å²) in [5.74, 6) is 1.22. The molecule has 2 aromatic carbocycles. The molecule has 1 N–H and O–H groups in total. The summed E-state index contributed by atoms with van der Waals surface area (Å²) in [6, 6.07) is 14.6. The third-order valence-corrected chi connectivity index (χ3v) is 6.07. The van der Waals surface area contributed by atoms with Gasteiger partial charge in [-0.1, -0.05) is 23.7 Å². The fraction of sp³-hybridized carbons (Fsp3) is 0.417. The topological polar surface area (TPSA) is 58.6 Å². The smallest absolute Gasteiger partial charge is 0.251 e. The number of hydrogen-bond donors (Lipinski definition) is 1. The van der Waals surface area contributed by atoms with Crippen molar-refractivity contribution < 1.29 is 14.3 Å². The van der Waals surface area contributed by atoms with Gasteiger partial charge in [-0.05, 0) is 61.7 Å². The third kappa shape index (κ3) is 5.14. The summed E-state index contributed by atoms with van der Waals surface area (Å²) in [5.41, 5.74) is 1.59. The highest BCUT2D eigenvalue weighted by Gasteiger charge is 2.35. The Morgan fingerprint density at radius 2 is 1.63 bits per heavy atom. The number of halogens is 1. The molecular formula is C24H27ClN2O3. The van der Waals surface area contributed by atoms with Gasteiger partial charge in [0, 0.05) is 42.4 Å². The highest BCUT2D eigenvalue weighted by atomic mass is 35.5. The first kappa shape index (κ1) is 20.7. The second kappa shape index (κ2) is 9.09. The summed E-state index contributed by atoms with van der Waals surface area (Å²) in [5, 5.41) is 3.68. The van der Waals surface area contributed by atoms with E-state index in [1.165, 1.54) is 0 Å². The van der Waals surface area contributed by atoms with Crippen molar-refractivity contribution in [2.75, 3.05) is 13.1 Å². The van der Waals surface area contributed by atoms with Crippen molar-refractivity contribution >= 4 is 23.4 Å². The number of hydrogen-bond acceptors (Lipinski definition) is 3. The number of amides is 2. The van der Waals surface area contributed by atoms with Crippen LogP contribution in [0.4, 0.5) is 0 Å². The fourth-order valence-electron chi connectivity index (χ4n) is 3.77. The Labute approximate surface area is 182 Å². The zero-order valence-electron chi connectivity index (χ0n) is 17.1. The molecule has 1 atom stereocenters. The van der Waals surface area contributed by atoms with Crippen LogP contribution in [0.25, 0.3) is 0 Å². The molecule has 158 valence electrons. The minimum absolute atomic E-state index is 0.109. The monoisotopic (exact) mass is 426 g/mol. The van der Waals surface area contributed by atoms with Crippen molar-refractivity contribution in [3.05, 3.63) is 64.7 Å². The van der Waals surface area contributed by atoms with Gasteiger partial charge in [0.15, 0.2) is 0 Å². The quantitative estimate of drug-likeness (QED) is 0.733. The molecule has 0 aromatic heterocycles. The standard InChI is InChI=1S/C24H27ClN2O3/c1-16(17-4-8-20(25)9-5-17)26-23(28)18-6-10-21(11-7-18)30-22-12-14-27(15-13-22)24(29)19-2-3-19/h4-11,16,19,22H,2-3,12-15H2,1H3,(H,26,28). The van der Waals surface area contributed by atoms with Gasteiger partial charge < -0.3 is 15.0 Å². The van der Waals surface area contributed by atoms with Crippen LogP contribution in [0.15, 0.2) is 48.5 Å². The van der Waals surface area contributed by atoms with Crippen molar-refractivity contribution in [2.24, 2.45) is 5.92 Å². The molecule has 0 bridgehead atoms. The fourth-order valence-corrected chi connectivity index (χ4v) is 3.90. The predicted octanol–water partition coefficient (Wildman–Crippen LogP) is 4.61. The van der Waals surface area contributed by atoms with E-state index in [1.54, 1.807) is 12.1 Å². The van der Waals surface area contributed by atoms with Gasteiger partial charge in [0.25, 0.3) is 5.91 Å². The number of ether oxygens (including phenoxy) is 1. The molecule has 1 aliphatic heterocycles. The molecule has 1 aliphatic carbocycles. The van der Waals surface area contributed by atoms with Gasteiger partial charge in [-0.3, -0.25) is 9.59 Å². The lowest BCUT2D eigenvalue weighted by Crippen LogP contribution is -2.42. The van der Waals surface area contributed by atoms with E-state index in [-0.39, 0.29) is 24.0 Å². The van der Waals surface area contributed by atoms with E-state index in [4.69, 9.17) is 16.3 Å². The lowest BCUT2D eigenvalue weighted by molar-refractivity contribution is -0.134. The number of benzene rings is 2. The van der Waals surface area contributed by atoms with Gasteiger partial charge >= 0.3 is 0 Å². The van der Waals surface area contributed by atoms with Crippen molar-refractivity contribution in [3.63, 3.8) is 0 Å². The summed E-state index contributed by atoms with van der Waals surface area (Å²) < 4.78 is 6.07. The number of likely N-dealkylation sites (tertiary alicyclic amines) is 1. The molecule has 0 spiro atoms. The summed E-state index contributed by atoms with van der Waals surface area (Å²) in [4.78, 5) is 26.7. The molecule has 1 saturated heterocycles. The van der Waals surface area contributed by atoms with E-state index in [2.05, 4.69) is 5.32 Å². The van der Waals surface area contributed by atoms with Crippen LogP contribution in [-0.2, 0) is 4.79 Å². The van der Waals surface area contributed by atoms with Gasteiger partial charge in [0.1, 0.15) is 11.9 Å². The molecule has 2 amide bonds. The zero-order chi connectivity index (χ0) is 21.1. The Morgan fingerprint density at radius 3 is 2.23 bits per heavy atom. The maximum Gasteiger partial charge on any atom is 0.251 e. The minimum Gasteiger partial charge on any atom is -0.490 e. The number of carbonyl (C=O) groups excluding carboxylic acids is 2. The molecule has 1 unspecified atom stereocenters. The summed E-state index contributed by atoms with van der Waals surface area (Å²) >= 11 is 5.92. The van der Waals surface area contributed by atoms with Gasteiger partial charge in [-0.2, -0.15) is 0 Å². The lowest BCUT2D eigenvalue weighted by atomic mass is 10.1. The molecule has 0 radical (unpaired) electrons. The summed E-state index contributed by atoms with van der Waals surface area (Å²) in [7, 11) is 0. The maximum absolute atomic E-state index is 12.5. The van der Waals surface area contributed by atoms with Crippen LogP contribution < -0.4 is 10.1 Å². The van der Waals surface area contributed by atoms with Crippen LogP contribution in [0.5, 0.6) is 5.75 Å². The van der Waals surface area contributed by atoms with E-state index in [0.29, 0.717) is 16.5 Å². The number of rotatable bonds is 6. The van der Waals surface area contributed by atoms with E-state index in [0.717, 1.165) is 50.1 Å². The van der Waals surface area contributed by atoms with Gasteiger partial charge in [0.2, 0.25) is 5.91 Å². The summed E-state index contributed by atoms with van der Waals surface area (Å²) in [6.45, 7) is 3.48. The van der Waals surface area contributed by atoms with Crippen LogP contribution in [0.3, 0.4) is 0 Å². The van der Waals surface area contributed by atoms with Crippen LogP contribution in [0.2, 0.25) is 5.02 Å². The highest BCUT2D eigenvalue weighted by molar-refractivity contribution is 6.30. The largest absolute Gasteiger partial charge is 0.490 e. The normalized spacial score (nSPS) is 18.0. The van der Waals surface area contributed by atoms with Crippen molar-refractivity contribution in [1.82, 2.24) is 10.2 Å². The minimum atomic E-state index is -0.129. The Hall–Kier alpha value is -2.53. The predicted molar refractivity (Wildman–Crippen MR) is 117 cm³/mol. The molecule has 2 fully saturated rings. The number of nitrogens with zero attached hydrogens (tertiary/aromatic N) is 1. The first-order chi connectivity index (χ1) is 14.5. The van der Waals surface area contributed by atoms with E-state index in [9.17, 15) is 9.59 Å². The van der Waals surface area contributed by atoms with Gasteiger partial charge in [-0.15, -0.1) is 0 Å². The zero-order valence-corrected chi connectivity index (χ0v) is 17.9. The first-order valence-electron chi connectivity index (χ1n) is 10.6. The first-order valence-corrected chi connectivity index (χ1v) is 11.0. The van der Waals surface area contributed by atoms with E-state index < -0.39 is 0 Å². The van der Waals surface area contributed by atoms with Crippen molar-refractivity contribution in [1.29, 1.82) is 0 Å². The number of nitrogens with one attached hydrogen (secondary N) is 1. The van der Waals surface area contributed by atoms with Gasteiger partial charge in [0.05, 0.1) is 6.04 Å². The average molecular weight is 427 g/mol. The Balaban J connectivity index is 1.27. The van der Waals surface area contributed by atoms with Crippen LogP contribution >= 0.6 is 11.6 Å². The highest BCUT2D eigenvalue weighted by Crippen LogP contribution is 2.32. The second-order valence-corrected chi connectivity index (χ2v) is 8.62. The average Bonchev–Trinajstić information content (AvgIpc) is 3.60. The van der Waals surface area contributed by atoms with Crippen LogP contribution in [0.1, 0.15) is 54.6 Å². The Morgan fingerprint density at radius 1 is 1.00 bits per heavy atom. The molecule has 30 heavy (non-hydrogen) atoms. The SMILES string of the molecule is CC(NC(=O)c1ccc(OC2CCN(C(=O)C3CC3)CC2)cc1)c1ccc(Cl)cc1. The molecule has 1 heterocycles. The lowest BCUT2D eigenvalue weighted by Gasteiger charge is -2.32. The van der Waals surface area contributed by atoms with Crippen molar-refractivity contribution in [2.45, 2.75) is 44.8 Å². The second-order valence-electron chi connectivity index (χ2n) is 8.19. The summed E-state index contributed by atoms with van der Waals surface area (Å²) in [6.07, 6.45) is 3.90. The van der Waals surface area contributed by atoms with Crippen LogP contribution in [-0.4, -0.2) is 35.9 Å². The molecular weight excluding hydrogens is 400 g/mol. The third-order valence-electron chi connectivity index (χ3n) is 5.82. The van der Waals surface area contributed by atoms with Crippen molar-refractivity contribution in [3.8, 4) is 5.75 Å². The Kier molecular flexibility index (Phi) is 6.28. The molecule has 5 nitrogen and oxygen atoms in total. The number of carbonyl (C=O) groups is 2. The van der Waals surface area contributed by atoms with E-state index in [1.807, 2.05) is 48.2 Å². The molecule has 2 aromatic rings. The Bertz CT molecular complexity index is 886. The van der Waals surface area contributed by atoms with Gasteiger partial charge in [-0.25, -0.2) is 0 Å². The van der Waals surface area contributed by atoms with E-state index >= 15 is 0 Å². The number of piperidine rings is 1.